The Morgan fingerprint density at radius 1 is 1.02 bits per heavy atom. The molecule has 2 saturated carbocycles. The van der Waals surface area contributed by atoms with E-state index in [0.29, 0.717) is 28.7 Å². The summed E-state index contributed by atoms with van der Waals surface area (Å²) in [4.78, 5) is 44.8. The number of aliphatic carboxylic acids is 1. The Bertz CT molecular complexity index is 1300. The Morgan fingerprint density at radius 3 is 2.20 bits per heavy atom. The molecule has 212 valence electrons. The Labute approximate surface area is 235 Å². The van der Waals surface area contributed by atoms with Crippen molar-refractivity contribution in [1.82, 2.24) is 10.2 Å². The number of nitrogens with one attached hydrogen (secondary N) is 1. The van der Waals surface area contributed by atoms with E-state index in [1.54, 1.807) is 36.4 Å². The predicted molar refractivity (Wildman–Crippen MR) is 152 cm³/mol. The number of aromatic hydroxyl groups is 1. The van der Waals surface area contributed by atoms with E-state index in [1.807, 2.05) is 17.0 Å². The maximum absolute atomic E-state index is 14.3. The van der Waals surface area contributed by atoms with Crippen LogP contribution in [0, 0.1) is 17.3 Å². The first-order valence-corrected chi connectivity index (χ1v) is 14.3. The minimum Gasteiger partial charge on any atom is -0.508 e. The number of carbonyl (C=O) groups is 3. The summed E-state index contributed by atoms with van der Waals surface area (Å²) in [6, 6.07) is 13.9. The number of rotatable bonds is 8. The summed E-state index contributed by atoms with van der Waals surface area (Å²) in [7, 11) is 0. The minimum absolute atomic E-state index is 0.0678. The molecule has 1 atom stereocenters. The van der Waals surface area contributed by atoms with Crippen LogP contribution in [0.25, 0.3) is 0 Å². The van der Waals surface area contributed by atoms with Crippen LogP contribution in [0.15, 0.2) is 53.5 Å². The van der Waals surface area contributed by atoms with Crippen LogP contribution in [-0.2, 0) is 9.59 Å². The molecule has 3 aliphatic rings. The molecule has 1 spiro atoms. The molecule has 2 aromatic carbocycles. The number of carboxylic acid groups (broad SMARTS) is 1. The maximum atomic E-state index is 14.3. The van der Waals surface area contributed by atoms with Crippen molar-refractivity contribution in [2.24, 2.45) is 22.2 Å². The molecular formula is C32H39N3O5. The van der Waals surface area contributed by atoms with E-state index in [1.165, 1.54) is 0 Å². The van der Waals surface area contributed by atoms with Crippen molar-refractivity contribution in [2.45, 2.75) is 77.4 Å². The molecule has 0 unspecified atom stereocenters. The molecule has 1 heterocycles. The zero-order valence-corrected chi connectivity index (χ0v) is 23.5. The van der Waals surface area contributed by atoms with Gasteiger partial charge in [0.2, 0.25) is 0 Å². The second-order valence-electron chi connectivity index (χ2n) is 12.6. The van der Waals surface area contributed by atoms with E-state index in [2.05, 4.69) is 26.1 Å². The Hall–Kier alpha value is -3.68. The number of benzene rings is 2. The Kier molecular flexibility index (Phi) is 7.46. The molecule has 2 fully saturated rings. The number of hydrogen-bond donors (Lipinski definition) is 3. The highest BCUT2D eigenvalue weighted by atomic mass is 16.4. The van der Waals surface area contributed by atoms with Gasteiger partial charge in [-0.1, -0.05) is 32.9 Å². The van der Waals surface area contributed by atoms with Crippen LogP contribution in [0.4, 0.5) is 0 Å². The van der Waals surface area contributed by atoms with Gasteiger partial charge in [0.1, 0.15) is 17.1 Å². The van der Waals surface area contributed by atoms with Crippen LogP contribution < -0.4 is 5.32 Å². The second kappa shape index (κ2) is 10.7. The van der Waals surface area contributed by atoms with Gasteiger partial charge >= 0.3 is 5.97 Å². The number of phenols is 1. The van der Waals surface area contributed by atoms with Gasteiger partial charge in [-0.05, 0) is 97.7 Å². The van der Waals surface area contributed by atoms with Gasteiger partial charge in [0.15, 0.2) is 0 Å². The topological polar surface area (TPSA) is 119 Å². The van der Waals surface area contributed by atoms with Crippen molar-refractivity contribution in [3.05, 3.63) is 65.2 Å². The highest BCUT2D eigenvalue weighted by molar-refractivity contribution is 6.46. The van der Waals surface area contributed by atoms with Gasteiger partial charge in [-0.3, -0.25) is 19.4 Å². The summed E-state index contributed by atoms with van der Waals surface area (Å²) >= 11 is 0. The van der Waals surface area contributed by atoms with E-state index in [9.17, 15) is 19.5 Å². The molecule has 40 heavy (non-hydrogen) atoms. The van der Waals surface area contributed by atoms with Crippen LogP contribution in [-0.4, -0.2) is 50.8 Å². The van der Waals surface area contributed by atoms with Crippen molar-refractivity contribution >= 4 is 23.5 Å². The van der Waals surface area contributed by atoms with Crippen molar-refractivity contribution < 1.29 is 24.6 Å². The highest BCUT2D eigenvalue weighted by Gasteiger charge is 2.55. The maximum Gasteiger partial charge on any atom is 0.305 e. The van der Waals surface area contributed by atoms with E-state index in [4.69, 9.17) is 10.1 Å². The zero-order chi connectivity index (χ0) is 28.7. The second-order valence-corrected chi connectivity index (χ2v) is 12.6. The molecule has 0 aromatic heterocycles. The smallest absolute Gasteiger partial charge is 0.305 e. The van der Waals surface area contributed by atoms with Crippen molar-refractivity contribution in [2.75, 3.05) is 6.54 Å². The average Bonchev–Trinajstić information content (AvgIpc) is 3.71. The monoisotopic (exact) mass is 545 g/mol. The third-order valence-electron chi connectivity index (χ3n) is 8.83. The van der Waals surface area contributed by atoms with Gasteiger partial charge in [-0.25, -0.2) is 0 Å². The molecule has 1 aliphatic heterocycles. The number of nitrogens with zero attached hydrogens (tertiary/aromatic N) is 2. The normalized spacial score (nSPS) is 23.7. The first-order chi connectivity index (χ1) is 19.0. The standard InChI is InChI=1S/C32H39N3O5/c1-31(2,3)24-14-17-32(18-15-24)34-27(20-10-12-25(36)13-11-20)30(40)35(32)28(21-4-5-21)22-6-8-23(9-7-22)29(39)33-19-16-26(37)38/h6-13,21,24,28,36H,4-5,14-19H2,1-3H3,(H,33,39)(H,37,38)/t24?,28-,32?/m1/s1. The zero-order valence-electron chi connectivity index (χ0n) is 23.5. The molecular weight excluding hydrogens is 506 g/mol. The van der Waals surface area contributed by atoms with Crippen molar-refractivity contribution in [1.29, 1.82) is 0 Å². The fourth-order valence-electron chi connectivity index (χ4n) is 6.37. The fraction of sp³-hybridized carbons (Fsp3) is 0.500. The molecule has 8 nitrogen and oxygen atoms in total. The number of carboxylic acids is 1. The summed E-state index contributed by atoms with van der Waals surface area (Å²) in [5.74, 6) is -0.324. The van der Waals surface area contributed by atoms with Crippen LogP contribution >= 0.6 is 0 Å². The lowest BCUT2D eigenvalue weighted by atomic mass is 9.69. The third kappa shape index (κ3) is 5.62. The summed E-state index contributed by atoms with van der Waals surface area (Å²) in [6.45, 7) is 6.92. The number of carbonyl (C=O) groups excluding carboxylic acids is 2. The number of hydrogen-bond acceptors (Lipinski definition) is 5. The molecule has 3 N–H and O–H groups in total. The summed E-state index contributed by atoms with van der Waals surface area (Å²) < 4.78 is 0. The lowest BCUT2D eigenvalue weighted by Crippen LogP contribution is -2.52. The minimum atomic E-state index is -0.961. The van der Waals surface area contributed by atoms with E-state index >= 15 is 0 Å². The van der Waals surface area contributed by atoms with Gasteiger partial charge in [-0.15, -0.1) is 0 Å². The molecule has 5 rings (SSSR count). The van der Waals surface area contributed by atoms with Gasteiger partial charge in [0.25, 0.3) is 11.8 Å². The molecule has 0 radical (unpaired) electrons. The Morgan fingerprint density at radius 2 is 1.65 bits per heavy atom. The first-order valence-electron chi connectivity index (χ1n) is 14.3. The number of aliphatic imine (C=N–C) groups is 1. The first kappa shape index (κ1) is 27.9. The summed E-state index contributed by atoms with van der Waals surface area (Å²) in [5.41, 5.74) is 2.18. The van der Waals surface area contributed by atoms with E-state index in [0.717, 1.165) is 44.1 Å². The number of amides is 2. The van der Waals surface area contributed by atoms with Gasteiger partial charge in [0, 0.05) is 17.7 Å². The van der Waals surface area contributed by atoms with Gasteiger partial charge < -0.3 is 20.4 Å². The van der Waals surface area contributed by atoms with Crippen LogP contribution in [0.1, 0.15) is 93.2 Å². The molecule has 0 saturated heterocycles. The Balaban J connectivity index is 1.46. The lowest BCUT2D eigenvalue weighted by molar-refractivity contribution is -0.137. The quantitative estimate of drug-likeness (QED) is 0.415. The largest absolute Gasteiger partial charge is 0.508 e. The third-order valence-corrected chi connectivity index (χ3v) is 8.83. The fourth-order valence-corrected chi connectivity index (χ4v) is 6.37. The average molecular weight is 546 g/mol. The van der Waals surface area contributed by atoms with Crippen LogP contribution in [0.3, 0.4) is 0 Å². The van der Waals surface area contributed by atoms with Crippen molar-refractivity contribution in [3.63, 3.8) is 0 Å². The van der Waals surface area contributed by atoms with Gasteiger partial charge in [-0.2, -0.15) is 0 Å². The molecule has 0 bridgehead atoms. The van der Waals surface area contributed by atoms with Crippen LogP contribution in [0.5, 0.6) is 5.75 Å². The SMILES string of the molecule is CC(C)(C)C1CCC2(CC1)N=C(c1ccc(O)cc1)C(=O)N2[C@@H](c1ccc(C(=O)NCCC(=O)O)cc1)C1CC1. The van der Waals surface area contributed by atoms with E-state index < -0.39 is 11.6 Å². The van der Waals surface area contributed by atoms with Gasteiger partial charge in [0.05, 0.1) is 12.5 Å². The molecule has 8 heteroatoms. The summed E-state index contributed by atoms with van der Waals surface area (Å²) in [5, 5.41) is 21.3. The lowest BCUT2D eigenvalue weighted by Gasteiger charge is -2.47. The van der Waals surface area contributed by atoms with Crippen LogP contribution in [0.2, 0.25) is 0 Å². The molecule has 2 amide bonds. The summed E-state index contributed by atoms with van der Waals surface area (Å²) in [6.07, 6.45) is 5.51. The molecule has 2 aliphatic carbocycles. The molecule has 2 aromatic rings. The number of phenolic OH excluding ortho intramolecular Hbond substituents is 1. The highest BCUT2D eigenvalue weighted by Crippen LogP contribution is 2.54. The van der Waals surface area contributed by atoms with Crippen molar-refractivity contribution in [3.8, 4) is 5.75 Å². The predicted octanol–water partition coefficient (Wildman–Crippen LogP) is 5.31. The van der Waals surface area contributed by atoms with E-state index in [-0.39, 0.29) is 42.0 Å².